The van der Waals surface area contributed by atoms with Crippen LogP contribution in [0.1, 0.15) is 43.4 Å². The first-order valence-electron chi connectivity index (χ1n) is 7.45. The summed E-state index contributed by atoms with van der Waals surface area (Å²) in [6.45, 7) is 3.37. The highest BCUT2D eigenvalue weighted by Crippen LogP contribution is 2.28. The van der Waals surface area contributed by atoms with Crippen molar-refractivity contribution in [2.75, 3.05) is 13.2 Å². The molecular formula is C16H19ClN2O2. The Balaban J connectivity index is 2.22. The van der Waals surface area contributed by atoms with E-state index in [9.17, 15) is 4.79 Å². The number of aromatic nitrogens is 2. The lowest BCUT2D eigenvalue weighted by molar-refractivity contribution is 0.0676. The molecule has 2 aromatic rings. The zero-order chi connectivity index (χ0) is 14.8. The maximum Gasteiger partial charge on any atom is 0.261 e. The minimum atomic E-state index is -0.245. The van der Waals surface area contributed by atoms with Gasteiger partial charge in [0.15, 0.2) is 0 Å². The molecule has 2 heterocycles. The molecule has 0 saturated carbocycles. The molecule has 5 heteroatoms. The first kappa shape index (κ1) is 14.5. The molecule has 1 atom stereocenters. The quantitative estimate of drug-likeness (QED) is 0.816. The number of halogens is 1. The topological polar surface area (TPSA) is 44.1 Å². The highest BCUT2D eigenvalue weighted by Gasteiger charge is 2.24. The van der Waals surface area contributed by atoms with E-state index in [1.807, 2.05) is 35.8 Å². The Labute approximate surface area is 128 Å². The second-order valence-electron chi connectivity index (χ2n) is 5.38. The zero-order valence-corrected chi connectivity index (χ0v) is 12.8. The van der Waals surface area contributed by atoms with Crippen molar-refractivity contribution in [3.63, 3.8) is 0 Å². The summed E-state index contributed by atoms with van der Waals surface area (Å²) in [5.41, 5.74) is 0.738. The fourth-order valence-corrected chi connectivity index (χ4v) is 3.02. The van der Waals surface area contributed by atoms with Crippen molar-refractivity contribution >= 4 is 22.5 Å². The summed E-state index contributed by atoms with van der Waals surface area (Å²) in [7, 11) is 0. The van der Waals surface area contributed by atoms with Crippen molar-refractivity contribution < 1.29 is 4.74 Å². The fourth-order valence-electron chi connectivity index (χ4n) is 2.86. The molecule has 1 aliphatic rings. The first-order chi connectivity index (χ1) is 10.2. The van der Waals surface area contributed by atoms with Gasteiger partial charge < -0.3 is 4.74 Å². The fraction of sp³-hybridized carbons (Fsp3) is 0.500. The van der Waals surface area contributed by atoms with Gasteiger partial charge in [0.2, 0.25) is 0 Å². The third kappa shape index (κ3) is 2.70. The Bertz CT molecular complexity index is 692. The minimum absolute atomic E-state index is 0.0154. The summed E-state index contributed by atoms with van der Waals surface area (Å²) < 4.78 is 7.22. The van der Waals surface area contributed by atoms with Crippen LogP contribution in [0, 0.1) is 0 Å². The molecule has 0 aliphatic carbocycles. The third-order valence-electron chi connectivity index (χ3n) is 4.03. The molecular weight excluding hydrogens is 288 g/mol. The van der Waals surface area contributed by atoms with Crippen LogP contribution < -0.4 is 5.56 Å². The Morgan fingerprint density at radius 1 is 1.38 bits per heavy atom. The molecule has 3 rings (SSSR count). The molecule has 1 unspecified atom stereocenters. The highest BCUT2D eigenvalue weighted by atomic mass is 35.5. The van der Waals surface area contributed by atoms with E-state index in [1.54, 1.807) is 0 Å². The second-order valence-corrected chi connectivity index (χ2v) is 5.91. The normalized spacial score (nSPS) is 18.0. The van der Waals surface area contributed by atoms with Crippen LogP contribution in [0.4, 0.5) is 0 Å². The molecule has 4 nitrogen and oxygen atoms in total. The summed E-state index contributed by atoms with van der Waals surface area (Å²) in [5, 5.41) is 0.415. The van der Waals surface area contributed by atoms with Crippen LogP contribution >= 0.6 is 11.6 Å². The number of rotatable bonds is 3. The molecule has 21 heavy (non-hydrogen) atoms. The van der Waals surface area contributed by atoms with E-state index in [4.69, 9.17) is 16.3 Å². The first-order valence-corrected chi connectivity index (χ1v) is 7.89. The van der Waals surface area contributed by atoms with Crippen molar-refractivity contribution in [2.24, 2.45) is 0 Å². The van der Waals surface area contributed by atoms with Crippen LogP contribution in [0.25, 0.3) is 10.9 Å². The average molecular weight is 307 g/mol. The Morgan fingerprint density at radius 2 is 2.10 bits per heavy atom. The monoisotopic (exact) mass is 306 g/mol. The summed E-state index contributed by atoms with van der Waals surface area (Å²) in [6, 6.07) is 7.60. The summed E-state index contributed by atoms with van der Waals surface area (Å²) in [5.74, 6) is 0.690. The molecule has 1 aromatic heterocycles. The minimum Gasteiger partial charge on any atom is -0.381 e. The molecule has 1 saturated heterocycles. The van der Waals surface area contributed by atoms with Gasteiger partial charge in [0.05, 0.1) is 16.3 Å². The summed E-state index contributed by atoms with van der Waals surface area (Å²) in [6.07, 6.45) is 2.41. The van der Waals surface area contributed by atoms with Gasteiger partial charge in [-0.15, -0.1) is 11.6 Å². The molecule has 0 N–H and O–H groups in total. The Morgan fingerprint density at radius 3 is 2.81 bits per heavy atom. The molecule has 0 bridgehead atoms. The lowest BCUT2D eigenvalue weighted by atomic mass is 10.1. The van der Waals surface area contributed by atoms with Crippen LogP contribution in [-0.2, 0) is 4.74 Å². The molecule has 1 fully saturated rings. The van der Waals surface area contributed by atoms with Gasteiger partial charge in [0.25, 0.3) is 5.56 Å². The predicted octanol–water partition coefficient (Wildman–Crippen LogP) is 3.44. The lowest BCUT2D eigenvalue weighted by Gasteiger charge is -2.27. The van der Waals surface area contributed by atoms with Crippen LogP contribution in [0.15, 0.2) is 29.1 Å². The van der Waals surface area contributed by atoms with Gasteiger partial charge in [0.1, 0.15) is 5.82 Å². The SMILES string of the molecule is CCC(Cl)c1nc2ccccc2c(=O)n1C1CCOCC1. The van der Waals surface area contributed by atoms with Gasteiger partial charge in [0, 0.05) is 19.3 Å². The molecule has 1 aliphatic heterocycles. The van der Waals surface area contributed by atoms with E-state index in [2.05, 4.69) is 4.98 Å². The van der Waals surface area contributed by atoms with Gasteiger partial charge in [-0.05, 0) is 31.4 Å². The van der Waals surface area contributed by atoms with Crippen molar-refractivity contribution in [2.45, 2.75) is 37.6 Å². The number of hydrogen-bond donors (Lipinski definition) is 0. The molecule has 0 spiro atoms. The van der Waals surface area contributed by atoms with Gasteiger partial charge in [-0.3, -0.25) is 9.36 Å². The van der Waals surface area contributed by atoms with E-state index >= 15 is 0 Å². The number of benzene rings is 1. The van der Waals surface area contributed by atoms with Gasteiger partial charge in [-0.2, -0.15) is 0 Å². The van der Waals surface area contributed by atoms with E-state index in [1.165, 1.54) is 0 Å². The van der Waals surface area contributed by atoms with Crippen LogP contribution in [0.2, 0.25) is 0 Å². The van der Waals surface area contributed by atoms with Crippen LogP contribution in [0.3, 0.4) is 0 Å². The lowest BCUT2D eigenvalue weighted by Crippen LogP contribution is -2.33. The summed E-state index contributed by atoms with van der Waals surface area (Å²) in [4.78, 5) is 17.6. The number of alkyl halides is 1. The molecule has 112 valence electrons. The number of fused-ring (bicyclic) bond motifs is 1. The predicted molar refractivity (Wildman–Crippen MR) is 84.0 cm³/mol. The number of hydrogen-bond acceptors (Lipinski definition) is 3. The maximum absolute atomic E-state index is 12.9. The molecule has 1 aromatic carbocycles. The molecule has 0 amide bonds. The maximum atomic E-state index is 12.9. The average Bonchev–Trinajstić information content (AvgIpc) is 2.55. The number of nitrogens with zero attached hydrogens (tertiary/aromatic N) is 2. The van der Waals surface area contributed by atoms with Crippen molar-refractivity contribution in [3.8, 4) is 0 Å². The van der Waals surface area contributed by atoms with Crippen molar-refractivity contribution in [1.29, 1.82) is 0 Å². The van der Waals surface area contributed by atoms with Gasteiger partial charge >= 0.3 is 0 Å². The third-order valence-corrected chi connectivity index (χ3v) is 4.53. The van der Waals surface area contributed by atoms with Gasteiger partial charge in [-0.25, -0.2) is 4.98 Å². The van der Waals surface area contributed by atoms with Crippen molar-refractivity contribution in [1.82, 2.24) is 9.55 Å². The zero-order valence-electron chi connectivity index (χ0n) is 12.1. The van der Waals surface area contributed by atoms with Crippen LogP contribution in [-0.4, -0.2) is 22.8 Å². The standard InChI is InChI=1S/C16H19ClN2O2/c1-2-13(17)15-18-14-6-4-3-5-12(14)16(20)19(15)11-7-9-21-10-8-11/h3-6,11,13H,2,7-10H2,1H3. The van der Waals surface area contributed by atoms with Crippen LogP contribution in [0.5, 0.6) is 0 Å². The Kier molecular flexibility index (Phi) is 4.27. The van der Waals surface area contributed by atoms with E-state index < -0.39 is 0 Å². The summed E-state index contributed by atoms with van der Waals surface area (Å²) >= 11 is 6.43. The van der Waals surface area contributed by atoms with E-state index in [0.717, 1.165) is 24.8 Å². The second kappa shape index (κ2) is 6.16. The number of para-hydroxylation sites is 1. The number of ether oxygens (including phenoxy) is 1. The van der Waals surface area contributed by atoms with E-state index in [-0.39, 0.29) is 17.0 Å². The highest BCUT2D eigenvalue weighted by molar-refractivity contribution is 6.20. The smallest absolute Gasteiger partial charge is 0.261 e. The van der Waals surface area contributed by atoms with E-state index in [0.29, 0.717) is 24.4 Å². The van der Waals surface area contributed by atoms with Crippen molar-refractivity contribution in [3.05, 3.63) is 40.4 Å². The molecule has 0 radical (unpaired) electrons. The Hall–Kier alpha value is -1.39. The van der Waals surface area contributed by atoms with Gasteiger partial charge in [-0.1, -0.05) is 19.1 Å². The largest absolute Gasteiger partial charge is 0.381 e.